The minimum Gasteiger partial charge on any atom is -0.456 e. The lowest BCUT2D eigenvalue weighted by Crippen LogP contribution is -2.56. The van der Waals surface area contributed by atoms with Gasteiger partial charge in [-0.2, -0.15) is 0 Å². The van der Waals surface area contributed by atoms with Gasteiger partial charge in [0.15, 0.2) is 5.76 Å². The quantitative estimate of drug-likeness (QED) is 0.779. The van der Waals surface area contributed by atoms with E-state index in [1.807, 2.05) is 29.7 Å². The molecule has 4 rings (SSSR count). The van der Waals surface area contributed by atoms with Crippen LogP contribution in [0.2, 0.25) is 0 Å². The van der Waals surface area contributed by atoms with Crippen LogP contribution in [-0.4, -0.2) is 96.4 Å². The lowest BCUT2D eigenvalue weighted by molar-refractivity contribution is -0.135. The van der Waals surface area contributed by atoms with Gasteiger partial charge in [-0.05, 0) is 38.3 Å². The van der Waals surface area contributed by atoms with E-state index in [4.69, 9.17) is 4.42 Å². The van der Waals surface area contributed by atoms with Gasteiger partial charge in [0.25, 0.3) is 5.91 Å². The van der Waals surface area contributed by atoms with Crippen molar-refractivity contribution in [2.24, 2.45) is 0 Å². The molecule has 0 N–H and O–H groups in total. The van der Waals surface area contributed by atoms with Crippen molar-refractivity contribution in [3.8, 4) is 0 Å². The molecule has 1 saturated carbocycles. The molecule has 2 aliphatic heterocycles. The first kappa shape index (κ1) is 19.5. The van der Waals surface area contributed by atoms with Gasteiger partial charge >= 0.3 is 0 Å². The van der Waals surface area contributed by atoms with Crippen molar-refractivity contribution >= 4 is 11.8 Å². The third kappa shape index (κ3) is 4.10. The van der Waals surface area contributed by atoms with E-state index in [1.54, 1.807) is 0 Å². The first-order valence-electron chi connectivity index (χ1n) is 10.6. The number of nitrogens with zero attached hydrogens (tertiary/aromatic N) is 4. The third-order valence-corrected chi connectivity index (χ3v) is 6.65. The number of aryl methyl sites for hydroxylation is 2. The number of furan rings is 1. The van der Waals surface area contributed by atoms with Crippen LogP contribution in [0.25, 0.3) is 0 Å². The zero-order valence-electron chi connectivity index (χ0n) is 17.2. The fraction of sp³-hybridized carbons (Fsp3) is 0.714. The molecule has 3 aliphatic rings. The van der Waals surface area contributed by atoms with Gasteiger partial charge in [-0.1, -0.05) is 6.42 Å². The standard InChI is InChI=1S/C21H32N4O3/c1-16-14-19(28-17(16)2)21(27)25-8-6-22(7-9-25)15-20(26)24-12-10-23(11-13-24)18-4-3-5-18/h14,18H,3-13,15H2,1-2H3. The molecule has 0 aromatic carbocycles. The Kier molecular flexibility index (Phi) is 5.73. The molecule has 0 bridgehead atoms. The Balaban J connectivity index is 1.21. The fourth-order valence-corrected chi connectivity index (χ4v) is 4.32. The Hall–Kier alpha value is -1.86. The Morgan fingerprint density at radius 2 is 1.61 bits per heavy atom. The van der Waals surface area contributed by atoms with Gasteiger partial charge in [-0.3, -0.25) is 19.4 Å². The number of piperazine rings is 2. The number of hydrogen-bond donors (Lipinski definition) is 0. The Bertz CT molecular complexity index is 692. The van der Waals surface area contributed by atoms with Crippen LogP contribution >= 0.6 is 0 Å². The summed E-state index contributed by atoms with van der Waals surface area (Å²) < 4.78 is 5.57. The van der Waals surface area contributed by atoms with Gasteiger partial charge < -0.3 is 14.2 Å². The van der Waals surface area contributed by atoms with Gasteiger partial charge in [0.05, 0.1) is 6.54 Å². The molecule has 2 saturated heterocycles. The Morgan fingerprint density at radius 3 is 2.14 bits per heavy atom. The van der Waals surface area contributed by atoms with E-state index < -0.39 is 0 Å². The van der Waals surface area contributed by atoms with Crippen molar-refractivity contribution in [1.29, 1.82) is 0 Å². The molecule has 0 radical (unpaired) electrons. The highest BCUT2D eigenvalue weighted by atomic mass is 16.4. The number of carbonyl (C=O) groups excluding carboxylic acids is 2. The van der Waals surface area contributed by atoms with Crippen LogP contribution in [0.4, 0.5) is 0 Å². The van der Waals surface area contributed by atoms with E-state index in [0.29, 0.717) is 25.4 Å². The second-order valence-electron chi connectivity index (χ2n) is 8.42. The van der Waals surface area contributed by atoms with Crippen molar-refractivity contribution < 1.29 is 14.0 Å². The minimum atomic E-state index is -0.0470. The molecule has 3 heterocycles. The number of rotatable bonds is 4. The molecular formula is C21H32N4O3. The zero-order valence-corrected chi connectivity index (χ0v) is 17.2. The molecule has 7 nitrogen and oxygen atoms in total. The number of carbonyl (C=O) groups is 2. The number of hydrogen-bond acceptors (Lipinski definition) is 5. The summed E-state index contributed by atoms with van der Waals surface area (Å²) >= 11 is 0. The summed E-state index contributed by atoms with van der Waals surface area (Å²) in [5, 5.41) is 0. The van der Waals surface area contributed by atoms with Crippen molar-refractivity contribution in [2.75, 3.05) is 58.9 Å². The molecule has 7 heteroatoms. The summed E-state index contributed by atoms with van der Waals surface area (Å²) in [7, 11) is 0. The van der Waals surface area contributed by atoms with Gasteiger partial charge in [-0.15, -0.1) is 0 Å². The predicted molar refractivity (Wildman–Crippen MR) is 106 cm³/mol. The molecule has 1 aliphatic carbocycles. The van der Waals surface area contributed by atoms with Gasteiger partial charge in [-0.25, -0.2) is 0 Å². The largest absolute Gasteiger partial charge is 0.456 e. The summed E-state index contributed by atoms with van der Waals surface area (Å²) in [6, 6.07) is 2.58. The zero-order chi connectivity index (χ0) is 19.7. The highest BCUT2D eigenvalue weighted by Crippen LogP contribution is 2.25. The van der Waals surface area contributed by atoms with Crippen LogP contribution in [0, 0.1) is 13.8 Å². The maximum absolute atomic E-state index is 12.7. The first-order chi connectivity index (χ1) is 13.5. The highest BCUT2D eigenvalue weighted by Gasteiger charge is 2.31. The normalized spacial score (nSPS) is 22.4. The summed E-state index contributed by atoms with van der Waals surface area (Å²) in [4.78, 5) is 33.8. The maximum atomic E-state index is 12.7. The van der Waals surface area contributed by atoms with Crippen LogP contribution in [-0.2, 0) is 4.79 Å². The summed E-state index contributed by atoms with van der Waals surface area (Å²) in [5.41, 5.74) is 1.00. The topological polar surface area (TPSA) is 60.2 Å². The molecule has 28 heavy (non-hydrogen) atoms. The second-order valence-corrected chi connectivity index (χ2v) is 8.42. The molecule has 1 aromatic rings. The van der Waals surface area contributed by atoms with Crippen LogP contribution < -0.4 is 0 Å². The SMILES string of the molecule is Cc1cc(C(=O)N2CCN(CC(=O)N3CCN(C4CCC4)CC3)CC2)oc1C. The van der Waals surface area contributed by atoms with E-state index in [2.05, 4.69) is 9.80 Å². The lowest BCUT2D eigenvalue weighted by Gasteiger charge is -2.43. The molecule has 0 unspecified atom stereocenters. The van der Waals surface area contributed by atoms with Gasteiger partial charge in [0.1, 0.15) is 5.76 Å². The average Bonchev–Trinajstić information content (AvgIpc) is 3.00. The van der Waals surface area contributed by atoms with E-state index in [-0.39, 0.29) is 11.8 Å². The third-order valence-electron chi connectivity index (χ3n) is 6.65. The second kappa shape index (κ2) is 8.25. The highest BCUT2D eigenvalue weighted by molar-refractivity contribution is 5.92. The van der Waals surface area contributed by atoms with Gasteiger partial charge in [0.2, 0.25) is 5.91 Å². The molecule has 154 valence electrons. The van der Waals surface area contributed by atoms with E-state index in [1.165, 1.54) is 19.3 Å². The molecule has 0 atom stereocenters. The lowest BCUT2D eigenvalue weighted by atomic mass is 9.91. The van der Waals surface area contributed by atoms with Crippen molar-refractivity contribution in [2.45, 2.75) is 39.2 Å². The summed E-state index contributed by atoms with van der Waals surface area (Å²) in [6.45, 7) is 10.8. The van der Waals surface area contributed by atoms with Crippen molar-refractivity contribution in [3.63, 3.8) is 0 Å². The van der Waals surface area contributed by atoms with E-state index >= 15 is 0 Å². The maximum Gasteiger partial charge on any atom is 0.289 e. The molecule has 2 amide bonds. The minimum absolute atomic E-state index is 0.0470. The average molecular weight is 389 g/mol. The van der Waals surface area contributed by atoms with Crippen LogP contribution in [0.5, 0.6) is 0 Å². The first-order valence-corrected chi connectivity index (χ1v) is 10.6. The molecule has 0 spiro atoms. The molecule has 1 aromatic heterocycles. The van der Waals surface area contributed by atoms with Crippen molar-refractivity contribution in [3.05, 3.63) is 23.2 Å². The monoisotopic (exact) mass is 388 g/mol. The summed E-state index contributed by atoms with van der Waals surface area (Å²) in [6.07, 6.45) is 4.01. The van der Waals surface area contributed by atoms with Crippen molar-refractivity contribution in [1.82, 2.24) is 19.6 Å². The Labute approximate surface area is 167 Å². The smallest absolute Gasteiger partial charge is 0.289 e. The number of amides is 2. The summed E-state index contributed by atoms with van der Waals surface area (Å²) in [5.74, 6) is 1.40. The Morgan fingerprint density at radius 1 is 0.964 bits per heavy atom. The van der Waals surface area contributed by atoms with E-state index in [0.717, 1.165) is 56.6 Å². The predicted octanol–water partition coefficient (Wildman–Crippen LogP) is 1.35. The van der Waals surface area contributed by atoms with Crippen LogP contribution in [0.15, 0.2) is 10.5 Å². The molecule has 3 fully saturated rings. The van der Waals surface area contributed by atoms with Gasteiger partial charge in [0, 0.05) is 58.4 Å². The van der Waals surface area contributed by atoms with E-state index in [9.17, 15) is 9.59 Å². The molecular weight excluding hydrogens is 356 g/mol. The fourth-order valence-electron chi connectivity index (χ4n) is 4.32. The van der Waals surface area contributed by atoms with Crippen LogP contribution in [0.3, 0.4) is 0 Å². The van der Waals surface area contributed by atoms with Crippen LogP contribution in [0.1, 0.15) is 41.1 Å².